The predicted molar refractivity (Wildman–Crippen MR) is 111 cm³/mol. The van der Waals surface area contributed by atoms with Gasteiger partial charge in [-0.2, -0.15) is 0 Å². The first-order valence-electron chi connectivity index (χ1n) is 10.3. The minimum absolute atomic E-state index is 0.129. The Morgan fingerprint density at radius 2 is 1.93 bits per heavy atom. The number of carbonyl (C=O) groups excluding carboxylic acids is 1. The minimum Gasteiger partial charge on any atom is -0.447 e. The van der Waals surface area contributed by atoms with Crippen LogP contribution in [-0.2, 0) is 19.5 Å². The molecule has 1 aromatic rings. The van der Waals surface area contributed by atoms with Crippen molar-refractivity contribution in [1.29, 1.82) is 0 Å². The fourth-order valence-electron chi connectivity index (χ4n) is 4.11. The maximum absolute atomic E-state index is 12.6. The zero-order valence-corrected chi connectivity index (χ0v) is 18.2. The summed E-state index contributed by atoms with van der Waals surface area (Å²) in [6, 6.07) is 9.63. The molecule has 1 heterocycles. The standard InChI is InChI=1S/C21H32N2O5S/c1-15(2)28-21(24)23-11-7-10-19(22-29(3,25)26)20(23)14-27-18-12-17(13-18)16-8-5-4-6-9-16/h4-6,8-9,15,17-20,22H,7,10-14H2,1-3H3/t17-,18+,19-,20-/m0/s1. The lowest BCUT2D eigenvalue weighted by Crippen LogP contribution is -2.59. The molecule has 0 radical (unpaired) electrons. The van der Waals surface area contributed by atoms with Gasteiger partial charge in [-0.15, -0.1) is 0 Å². The van der Waals surface area contributed by atoms with Gasteiger partial charge in [0.05, 0.1) is 31.1 Å². The number of likely N-dealkylation sites (tertiary alicyclic amines) is 1. The van der Waals surface area contributed by atoms with Gasteiger partial charge in [-0.05, 0) is 51.0 Å². The van der Waals surface area contributed by atoms with Gasteiger partial charge in [-0.3, -0.25) is 0 Å². The van der Waals surface area contributed by atoms with E-state index in [0.717, 1.165) is 25.5 Å². The van der Waals surface area contributed by atoms with Gasteiger partial charge in [0.25, 0.3) is 0 Å². The molecular weight excluding hydrogens is 392 g/mol. The molecule has 3 rings (SSSR count). The third-order valence-corrected chi connectivity index (χ3v) is 6.31. The fraction of sp³-hybridized carbons (Fsp3) is 0.667. The van der Waals surface area contributed by atoms with E-state index in [1.165, 1.54) is 5.56 Å². The van der Waals surface area contributed by atoms with Gasteiger partial charge in [0.1, 0.15) is 0 Å². The highest BCUT2D eigenvalue weighted by molar-refractivity contribution is 7.88. The van der Waals surface area contributed by atoms with Crippen molar-refractivity contribution in [3.8, 4) is 0 Å². The minimum atomic E-state index is -3.39. The molecule has 2 aliphatic rings. The number of ether oxygens (including phenoxy) is 2. The first kappa shape index (κ1) is 22.1. The Kier molecular flexibility index (Phi) is 7.19. The van der Waals surface area contributed by atoms with E-state index in [-0.39, 0.29) is 24.3 Å². The normalized spacial score (nSPS) is 27.5. The molecule has 162 valence electrons. The van der Waals surface area contributed by atoms with Crippen molar-refractivity contribution in [3.05, 3.63) is 35.9 Å². The van der Waals surface area contributed by atoms with Gasteiger partial charge < -0.3 is 14.4 Å². The summed E-state index contributed by atoms with van der Waals surface area (Å²) < 4.78 is 37.8. The van der Waals surface area contributed by atoms with Crippen LogP contribution < -0.4 is 4.72 Å². The SMILES string of the molecule is CC(C)OC(=O)N1CCC[C@H](NS(C)(=O)=O)[C@@H]1CO[C@H]1C[C@@H](c2ccccc2)C1. The van der Waals surface area contributed by atoms with Gasteiger partial charge >= 0.3 is 6.09 Å². The van der Waals surface area contributed by atoms with Gasteiger partial charge in [0.15, 0.2) is 0 Å². The summed E-state index contributed by atoms with van der Waals surface area (Å²) >= 11 is 0. The Hall–Kier alpha value is -1.64. The van der Waals surface area contributed by atoms with E-state index < -0.39 is 16.1 Å². The summed E-state index contributed by atoms with van der Waals surface area (Å²) in [5.74, 6) is 0.500. The second kappa shape index (κ2) is 9.45. The number of sulfonamides is 1. The molecule has 1 aliphatic heterocycles. The van der Waals surface area contributed by atoms with Crippen LogP contribution in [0, 0.1) is 0 Å². The maximum atomic E-state index is 12.6. The number of hydrogen-bond donors (Lipinski definition) is 1. The molecule has 0 bridgehead atoms. The zero-order valence-electron chi connectivity index (χ0n) is 17.4. The Morgan fingerprint density at radius 1 is 1.24 bits per heavy atom. The number of benzene rings is 1. The van der Waals surface area contributed by atoms with Crippen molar-refractivity contribution >= 4 is 16.1 Å². The summed E-state index contributed by atoms with van der Waals surface area (Å²) in [6.45, 7) is 4.45. The summed E-state index contributed by atoms with van der Waals surface area (Å²) in [5, 5.41) is 0. The van der Waals surface area contributed by atoms with Gasteiger partial charge in [0.2, 0.25) is 10.0 Å². The average Bonchev–Trinajstić information content (AvgIpc) is 2.60. The van der Waals surface area contributed by atoms with Crippen molar-refractivity contribution in [3.63, 3.8) is 0 Å². The summed E-state index contributed by atoms with van der Waals surface area (Å²) in [4.78, 5) is 14.2. The van der Waals surface area contributed by atoms with Crippen LogP contribution in [-0.4, -0.2) is 63.1 Å². The second-order valence-corrected chi connectivity index (χ2v) is 10.1. The molecule has 2 atom stereocenters. The van der Waals surface area contributed by atoms with Crippen LogP contribution in [0.2, 0.25) is 0 Å². The van der Waals surface area contributed by atoms with Gasteiger partial charge in [-0.1, -0.05) is 30.3 Å². The van der Waals surface area contributed by atoms with Crippen LogP contribution in [0.4, 0.5) is 4.79 Å². The van der Waals surface area contributed by atoms with E-state index in [9.17, 15) is 13.2 Å². The Labute approximate surface area is 173 Å². The van der Waals surface area contributed by atoms with Crippen molar-refractivity contribution < 1.29 is 22.7 Å². The molecule has 7 nitrogen and oxygen atoms in total. The lowest BCUT2D eigenvalue weighted by Gasteiger charge is -2.42. The Bertz CT molecular complexity index is 778. The monoisotopic (exact) mass is 424 g/mol. The molecule has 29 heavy (non-hydrogen) atoms. The molecule has 0 aromatic heterocycles. The van der Waals surface area contributed by atoms with E-state index in [0.29, 0.717) is 25.5 Å². The number of carbonyl (C=O) groups is 1. The van der Waals surface area contributed by atoms with Crippen LogP contribution in [0.3, 0.4) is 0 Å². The molecule has 1 saturated heterocycles. The highest BCUT2D eigenvalue weighted by Crippen LogP contribution is 2.39. The van der Waals surface area contributed by atoms with Crippen molar-refractivity contribution in [1.82, 2.24) is 9.62 Å². The first-order valence-corrected chi connectivity index (χ1v) is 12.2. The van der Waals surface area contributed by atoms with E-state index in [1.807, 2.05) is 18.2 Å². The molecule has 8 heteroatoms. The molecule has 1 saturated carbocycles. The largest absolute Gasteiger partial charge is 0.447 e. The van der Waals surface area contributed by atoms with Crippen LogP contribution in [0.5, 0.6) is 0 Å². The quantitative estimate of drug-likeness (QED) is 0.728. The number of nitrogens with zero attached hydrogens (tertiary/aromatic N) is 1. The van der Waals surface area contributed by atoms with Crippen LogP contribution >= 0.6 is 0 Å². The van der Waals surface area contributed by atoms with Gasteiger partial charge in [0, 0.05) is 12.6 Å². The van der Waals surface area contributed by atoms with Crippen molar-refractivity contribution in [2.75, 3.05) is 19.4 Å². The lowest BCUT2D eigenvalue weighted by molar-refractivity contribution is -0.0502. The number of nitrogens with one attached hydrogen (secondary N) is 1. The zero-order chi connectivity index (χ0) is 21.0. The molecule has 1 aliphatic carbocycles. The lowest BCUT2D eigenvalue weighted by atomic mass is 9.77. The first-order chi connectivity index (χ1) is 13.7. The smallest absolute Gasteiger partial charge is 0.410 e. The Balaban J connectivity index is 1.61. The second-order valence-electron chi connectivity index (χ2n) is 8.37. The van der Waals surface area contributed by atoms with E-state index >= 15 is 0 Å². The highest BCUT2D eigenvalue weighted by atomic mass is 32.2. The van der Waals surface area contributed by atoms with Crippen LogP contribution in [0.15, 0.2) is 30.3 Å². The average molecular weight is 425 g/mol. The Morgan fingerprint density at radius 3 is 2.55 bits per heavy atom. The number of hydrogen-bond acceptors (Lipinski definition) is 5. The maximum Gasteiger partial charge on any atom is 0.410 e. The molecule has 0 spiro atoms. The third kappa shape index (κ3) is 6.17. The third-order valence-electron chi connectivity index (χ3n) is 5.58. The van der Waals surface area contributed by atoms with Gasteiger partial charge in [-0.25, -0.2) is 17.9 Å². The molecule has 1 N–H and O–H groups in total. The van der Waals surface area contributed by atoms with E-state index in [1.54, 1.807) is 18.7 Å². The molecule has 0 unspecified atom stereocenters. The number of piperidine rings is 1. The molecule has 1 amide bonds. The molecular formula is C21H32N2O5S. The summed E-state index contributed by atoms with van der Waals surface area (Å²) in [7, 11) is -3.39. The number of rotatable bonds is 7. The van der Waals surface area contributed by atoms with Crippen LogP contribution in [0.25, 0.3) is 0 Å². The van der Waals surface area contributed by atoms with E-state index in [2.05, 4.69) is 16.9 Å². The highest BCUT2D eigenvalue weighted by Gasteiger charge is 2.39. The molecule has 1 aromatic carbocycles. The summed E-state index contributed by atoms with van der Waals surface area (Å²) in [6.07, 6.45) is 3.90. The predicted octanol–water partition coefficient (Wildman–Crippen LogP) is 2.88. The molecule has 2 fully saturated rings. The number of amides is 1. The van der Waals surface area contributed by atoms with Crippen molar-refractivity contribution in [2.45, 2.75) is 69.7 Å². The topological polar surface area (TPSA) is 84.9 Å². The van der Waals surface area contributed by atoms with E-state index in [4.69, 9.17) is 9.47 Å². The summed E-state index contributed by atoms with van der Waals surface area (Å²) in [5.41, 5.74) is 1.32. The van der Waals surface area contributed by atoms with Crippen molar-refractivity contribution in [2.24, 2.45) is 0 Å². The fourth-order valence-corrected chi connectivity index (χ4v) is 4.93. The van der Waals surface area contributed by atoms with Crippen LogP contribution in [0.1, 0.15) is 51.0 Å².